The van der Waals surface area contributed by atoms with Crippen LogP contribution < -0.4 is 0 Å². The molecule has 0 spiro atoms. The van der Waals surface area contributed by atoms with Crippen molar-refractivity contribution in [3.8, 4) is 0 Å². The Hall–Kier alpha value is 0.310. The molecule has 2 heteroatoms. The van der Waals surface area contributed by atoms with Crippen molar-refractivity contribution < 1.29 is 4.74 Å². The van der Waals surface area contributed by atoms with E-state index in [0.717, 1.165) is 26.1 Å². The fourth-order valence-corrected chi connectivity index (χ4v) is 0.673. The molecule has 0 bridgehead atoms. The normalized spacial score (nSPS) is 13.7. The molecule has 9 heavy (non-hydrogen) atoms. The Morgan fingerprint density at radius 3 is 2.56 bits per heavy atom. The maximum atomic E-state index is 5.16. The van der Waals surface area contributed by atoms with Crippen LogP contribution in [0.5, 0.6) is 0 Å². The maximum absolute atomic E-state index is 5.16. The quantitative estimate of drug-likeness (QED) is 0.464. The van der Waals surface area contributed by atoms with Gasteiger partial charge in [0, 0.05) is 18.5 Å². The summed E-state index contributed by atoms with van der Waals surface area (Å²) in [7, 11) is 0. The largest absolute Gasteiger partial charge is 0.382 e. The summed E-state index contributed by atoms with van der Waals surface area (Å²) in [6, 6.07) is 0. The van der Waals surface area contributed by atoms with Gasteiger partial charge < -0.3 is 4.74 Å². The second-order valence-electron chi connectivity index (χ2n) is 2.05. The third-order valence-corrected chi connectivity index (χ3v) is 1.89. The molecule has 0 aromatic rings. The highest BCUT2D eigenvalue weighted by Gasteiger charge is 1.96. The molecule has 0 rings (SSSR count). The number of ether oxygens (including phenoxy) is 1. The molecule has 1 nitrogen and oxygen atoms in total. The van der Waals surface area contributed by atoms with Crippen LogP contribution in [0.4, 0.5) is 0 Å². The summed E-state index contributed by atoms with van der Waals surface area (Å²) in [6.45, 7) is 5.84. The lowest BCUT2D eigenvalue weighted by Crippen LogP contribution is -2.02. The summed E-state index contributed by atoms with van der Waals surface area (Å²) in [4.78, 5) is 0. The first-order chi connectivity index (χ1) is 4.31. The van der Waals surface area contributed by atoms with Gasteiger partial charge in [-0.1, -0.05) is 6.92 Å². The lowest BCUT2D eigenvalue weighted by atomic mass is 10.2. The molecule has 0 aliphatic heterocycles. The van der Waals surface area contributed by atoms with Gasteiger partial charge in [0.1, 0.15) is 0 Å². The van der Waals surface area contributed by atoms with Crippen molar-refractivity contribution in [3.05, 3.63) is 0 Å². The third kappa shape index (κ3) is 6.19. The van der Waals surface area contributed by atoms with Crippen LogP contribution in [0.3, 0.4) is 0 Å². The molecule has 0 aliphatic carbocycles. The van der Waals surface area contributed by atoms with Crippen LogP contribution in [0.2, 0.25) is 0 Å². The van der Waals surface area contributed by atoms with E-state index in [1.54, 1.807) is 0 Å². The molecule has 1 atom stereocenters. The first-order valence-corrected chi connectivity index (χ1v) is 4.08. The number of rotatable bonds is 5. The maximum Gasteiger partial charge on any atom is 0.0476 e. The van der Waals surface area contributed by atoms with Gasteiger partial charge in [-0.2, -0.15) is 12.6 Å². The van der Waals surface area contributed by atoms with Crippen LogP contribution in [0.1, 0.15) is 26.7 Å². The fraction of sp³-hybridized carbons (Fsp3) is 1.00. The van der Waals surface area contributed by atoms with E-state index in [2.05, 4.69) is 19.6 Å². The minimum Gasteiger partial charge on any atom is -0.382 e. The van der Waals surface area contributed by atoms with Gasteiger partial charge in [0.2, 0.25) is 0 Å². The highest BCUT2D eigenvalue weighted by atomic mass is 32.1. The van der Waals surface area contributed by atoms with Crippen molar-refractivity contribution in [2.75, 3.05) is 13.2 Å². The average molecular weight is 148 g/mol. The van der Waals surface area contributed by atoms with Crippen molar-refractivity contribution in [2.45, 2.75) is 31.9 Å². The van der Waals surface area contributed by atoms with E-state index in [-0.39, 0.29) is 0 Å². The van der Waals surface area contributed by atoms with Gasteiger partial charge in [-0.05, 0) is 19.8 Å². The van der Waals surface area contributed by atoms with E-state index in [1.807, 2.05) is 6.92 Å². The number of hydrogen-bond donors (Lipinski definition) is 1. The zero-order valence-electron chi connectivity index (χ0n) is 6.26. The van der Waals surface area contributed by atoms with E-state index in [0.29, 0.717) is 5.25 Å². The first kappa shape index (κ1) is 9.31. The second-order valence-corrected chi connectivity index (χ2v) is 2.78. The molecule has 0 aromatic heterocycles. The highest BCUT2D eigenvalue weighted by molar-refractivity contribution is 7.80. The van der Waals surface area contributed by atoms with E-state index < -0.39 is 0 Å². The van der Waals surface area contributed by atoms with Crippen molar-refractivity contribution in [2.24, 2.45) is 0 Å². The predicted molar refractivity (Wildman–Crippen MR) is 44.2 cm³/mol. The second kappa shape index (κ2) is 6.43. The topological polar surface area (TPSA) is 9.23 Å². The SMILES string of the molecule is CCOCCC(S)CC. The van der Waals surface area contributed by atoms with Crippen LogP contribution >= 0.6 is 12.6 Å². The molecular formula is C7H16OS. The minimum atomic E-state index is 0.525. The number of hydrogen-bond acceptors (Lipinski definition) is 2. The standard InChI is InChI=1S/C7H16OS/c1-3-7(9)5-6-8-4-2/h7,9H,3-6H2,1-2H3. The average Bonchev–Trinajstić information content (AvgIpc) is 1.89. The van der Waals surface area contributed by atoms with Crippen molar-refractivity contribution in [1.82, 2.24) is 0 Å². The Morgan fingerprint density at radius 2 is 2.11 bits per heavy atom. The highest BCUT2D eigenvalue weighted by Crippen LogP contribution is 2.04. The zero-order valence-corrected chi connectivity index (χ0v) is 7.16. The molecule has 0 aromatic carbocycles. The molecule has 1 unspecified atom stereocenters. The van der Waals surface area contributed by atoms with Crippen LogP contribution in [0, 0.1) is 0 Å². The van der Waals surface area contributed by atoms with Gasteiger partial charge in [-0.3, -0.25) is 0 Å². The molecule has 0 amide bonds. The fourth-order valence-electron chi connectivity index (χ4n) is 0.568. The van der Waals surface area contributed by atoms with Gasteiger partial charge >= 0.3 is 0 Å². The Kier molecular flexibility index (Phi) is 6.65. The van der Waals surface area contributed by atoms with Crippen LogP contribution in [-0.2, 0) is 4.74 Å². The van der Waals surface area contributed by atoms with Gasteiger partial charge in [0.25, 0.3) is 0 Å². The minimum absolute atomic E-state index is 0.525. The Labute approximate surface area is 63.2 Å². The molecule has 0 heterocycles. The Morgan fingerprint density at radius 1 is 1.44 bits per heavy atom. The van der Waals surface area contributed by atoms with Crippen molar-refractivity contribution >= 4 is 12.6 Å². The van der Waals surface area contributed by atoms with E-state index >= 15 is 0 Å². The summed E-state index contributed by atoms with van der Waals surface area (Å²) in [6.07, 6.45) is 2.21. The molecule has 0 fully saturated rings. The lowest BCUT2D eigenvalue weighted by molar-refractivity contribution is 0.144. The van der Waals surface area contributed by atoms with E-state index in [4.69, 9.17) is 4.74 Å². The van der Waals surface area contributed by atoms with Crippen molar-refractivity contribution in [1.29, 1.82) is 0 Å². The van der Waals surface area contributed by atoms with Gasteiger partial charge in [0.15, 0.2) is 0 Å². The molecule has 56 valence electrons. The smallest absolute Gasteiger partial charge is 0.0476 e. The summed E-state index contributed by atoms with van der Waals surface area (Å²) >= 11 is 4.32. The first-order valence-electron chi connectivity index (χ1n) is 3.57. The Balaban J connectivity index is 2.88. The number of thiol groups is 1. The van der Waals surface area contributed by atoms with Crippen LogP contribution in [0.15, 0.2) is 0 Å². The van der Waals surface area contributed by atoms with Gasteiger partial charge in [0.05, 0.1) is 0 Å². The molecule has 0 N–H and O–H groups in total. The summed E-state index contributed by atoms with van der Waals surface area (Å²) < 4.78 is 5.16. The van der Waals surface area contributed by atoms with E-state index in [1.165, 1.54) is 0 Å². The van der Waals surface area contributed by atoms with E-state index in [9.17, 15) is 0 Å². The predicted octanol–water partition coefficient (Wildman–Crippen LogP) is 2.12. The van der Waals surface area contributed by atoms with Gasteiger partial charge in [-0.25, -0.2) is 0 Å². The van der Waals surface area contributed by atoms with Crippen LogP contribution in [0.25, 0.3) is 0 Å². The summed E-state index contributed by atoms with van der Waals surface area (Å²) in [5.74, 6) is 0. The summed E-state index contributed by atoms with van der Waals surface area (Å²) in [5.41, 5.74) is 0. The molecule has 0 radical (unpaired) electrons. The third-order valence-electron chi connectivity index (χ3n) is 1.27. The zero-order chi connectivity index (χ0) is 7.11. The monoisotopic (exact) mass is 148 g/mol. The molecular weight excluding hydrogens is 132 g/mol. The van der Waals surface area contributed by atoms with Gasteiger partial charge in [-0.15, -0.1) is 0 Å². The lowest BCUT2D eigenvalue weighted by Gasteiger charge is -2.05. The summed E-state index contributed by atoms with van der Waals surface area (Å²) in [5, 5.41) is 0.525. The van der Waals surface area contributed by atoms with Crippen LogP contribution in [-0.4, -0.2) is 18.5 Å². The molecule has 0 aliphatic rings. The molecule has 0 saturated heterocycles. The Bertz CT molecular complexity index is 56.9. The molecule has 0 saturated carbocycles. The van der Waals surface area contributed by atoms with Crippen molar-refractivity contribution in [3.63, 3.8) is 0 Å².